The maximum Gasteiger partial charge on any atom is 0.0589 e. The maximum atomic E-state index is 5.15. The molecular weight excluding hydrogens is 260 g/mol. The monoisotopic (exact) mass is 292 g/mol. The molecule has 0 N–H and O–H groups in total. The van der Waals surface area contributed by atoms with E-state index in [9.17, 15) is 0 Å². The van der Waals surface area contributed by atoms with Gasteiger partial charge in [0.2, 0.25) is 0 Å². The van der Waals surface area contributed by atoms with E-state index in [-0.39, 0.29) is 0 Å². The minimum atomic E-state index is 0.750. The minimum absolute atomic E-state index is 0.750. The zero-order valence-electron chi connectivity index (χ0n) is 13.6. The first-order valence-corrected chi connectivity index (χ1v) is 7.19. The molecule has 6 nitrogen and oxygen atoms in total. The Labute approximate surface area is 123 Å². The average Bonchev–Trinajstić information content (AvgIpc) is 2.48. The van der Waals surface area contributed by atoms with Crippen molar-refractivity contribution in [1.29, 1.82) is 0 Å². The molecule has 0 radical (unpaired) electrons. The van der Waals surface area contributed by atoms with Gasteiger partial charge in [0, 0.05) is 67.7 Å². The van der Waals surface area contributed by atoms with Crippen molar-refractivity contribution < 1.29 is 18.9 Å². The Kier molecular flexibility index (Phi) is 15.0. The molecule has 0 aromatic carbocycles. The maximum absolute atomic E-state index is 5.15. The van der Waals surface area contributed by atoms with Gasteiger partial charge in [0.15, 0.2) is 0 Å². The zero-order valence-corrected chi connectivity index (χ0v) is 13.6. The van der Waals surface area contributed by atoms with E-state index in [1.807, 2.05) is 0 Å². The van der Waals surface area contributed by atoms with Crippen LogP contribution in [0.1, 0.15) is 0 Å². The summed E-state index contributed by atoms with van der Waals surface area (Å²) in [5.41, 5.74) is 0. The summed E-state index contributed by atoms with van der Waals surface area (Å²) in [6, 6.07) is 0. The van der Waals surface area contributed by atoms with Gasteiger partial charge in [-0.1, -0.05) is 0 Å². The summed E-state index contributed by atoms with van der Waals surface area (Å²) in [5.74, 6) is 0. The van der Waals surface area contributed by atoms with Crippen LogP contribution in [-0.2, 0) is 18.9 Å². The number of ether oxygens (including phenoxy) is 4. The molecule has 0 aliphatic carbocycles. The van der Waals surface area contributed by atoms with Gasteiger partial charge in [-0.15, -0.1) is 0 Å². The third-order valence-corrected chi connectivity index (χ3v) is 3.18. The van der Waals surface area contributed by atoms with E-state index in [2.05, 4.69) is 9.80 Å². The van der Waals surface area contributed by atoms with Crippen molar-refractivity contribution >= 4 is 0 Å². The average molecular weight is 292 g/mol. The molecule has 0 atom stereocenters. The van der Waals surface area contributed by atoms with Gasteiger partial charge in [-0.2, -0.15) is 0 Å². The summed E-state index contributed by atoms with van der Waals surface area (Å²) in [6.45, 7) is 8.73. The van der Waals surface area contributed by atoms with Crippen LogP contribution in [-0.4, -0.2) is 104 Å². The zero-order chi connectivity index (χ0) is 15.1. The molecule has 0 saturated carbocycles. The first-order valence-electron chi connectivity index (χ1n) is 7.19. The molecular formula is C14H32N2O4. The molecule has 0 unspecified atom stereocenters. The Bertz CT molecular complexity index is 160. The third-order valence-electron chi connectivity index (χ3n) is 3.18. The summed E-state index contributed by atoms with van der Waals surface area (Å²) in [4.78, 5) is 4.72. The van der Waals surface area contributed by atoms with Crippen LogP contribution < -0.4 is 0 Å². The molecule has 0 heterocycles. The van der Waals surface area contributed by atoms with Crippen molar-refractivity contribution in [2.24, 2.45) is 0 Å². The Morgan fingerprint density at radius 3 is 0.900 bits per heavy atom. The highest BCUT2D eigenvalue weighted by atomic mass is 16.5. The van der Waals surface area contributed by atoms with Crippen LogP contribution in [0.3, 0.4) is 0 Å². The second kappa shape index (κ2) is 15.2. The highest BCUT2D eigenvalue weighted by Crippen LogP contribution is 1.94. The number of methoxy groups -OCH3 is 4. The van der Waals surface area contributed by atoms with Gasteiger partial charge in [0.1, 0.15) is 0 Å². The highest BCUT2D eigenvalue weighted by molar-refractivity contribution is 4.63. The van der Waals surface area contributed by atoms with Crippen molar-refractivity contribution in [1.82, 2.24) is 9.80 Å². The third kappa shape index (κ3) is 11.6. The molecule has 0 aromatic heterocycles. The standard InChI is InChI=1S/C14H32N2O4/c1-17-11-7-15(8-12-18-2)5-6-16(9-13-19-3)10-14-20-4/h5-14H2,1-4H3. The lowest BCUT2D eigenvalue weighted by atomic mass is 10.4. The molecule has 0 saturated heterocycles. The molecule has 6 heteroatoms. The second-order valence-corrected chi connectivity index (χ2v) is 4.65. The summed E-state index contributed by atoms with van der Waals surface area (Å²) in [6.07, 6.45) is 0. The van der Waals surface area contributed by atoms with Gasteiger partial charge >= 0.3 is 0 Å². The lowest BCUT2D eigenvalue weighted by Crippen LogP contribution is -2.40. The van der Waals surface area contributed by atoms with Crippen molar-refractivity contribution in [3.05, 3.63) is 0 Å². The lowest BCUT2D eigenvalue weighted by molar-refractivity contribution is 0.0858. The van der Waals surface area contributed by atoms with Crippen LogP contribution in [0.25, 0.3) is 0 Å². The smallest absolute Gasteiger partial charge is 0.0589 e. The summed E-state index contributed by atoms with van der Waals surface area (Å²) < 4.78 is 20.6. The largest absolute Gasteiger partial charge is 0.383 e. The molecule has 0 amide bonds. The van der Waals surface area contributed by atoms with Gasteiger partial charge < -0.3 is 18.9 Å². The molecule has 122 valence electrons. The van der Waals surface area contributed by atoms with Gasteiger partial charge in [-0.05, 0) is 0 Å². The Balaban J connectivity index is 4.05. The fourth-order valence-corrected chi connectivity index (χ4v) is 1.84. The van der Waals surface area contributed by atoms with Crippen LogP contribution in [0.2, 0.25) is 0 Å². The Morgan fingerprint density at radius 2 is 0.700 bits per heavy atom. The van der Waals surface area contributed by atoms with Gasteiger partial charge in [-0.3, -0.25) is 9.80 Å². The second-order valence-electron chi connectivity index (χ2n) is 4.65. The predicted molar refractivity (Wildman–Crippen MR) is 80.4 cm³/mol. The SMILES string of the molecule is COCCN(CCOC)CCN(CCOC)CCOC. The van der Waals surface area contributed by atoms with Crippen LogP contribution in [0.15, 0.2) is 0 Å². The number of hydrogen-bond acceptors (Lipinski definition) is 6. The number of nitrogens with zero attached hydrogens (tertiary/aromatic N) is 2. The normalized spacial score (nSPS) is 11.7. The molecule has 0 fully saturated rings. The number of rotatable bonds is 15. The summed E-state index contributed by atoms with van der Waals surface area (Å²) in [5, 5.41) is 0. The Morgan fingerprint density at radius 1 is 0.450 bits per heavy atom. The predicted octanol–water partition coefficient (Wildman–Crippen LogP) is 0.176. The van der Waals surface area contributed by atoms with Gasteiger partial charge in [0.25, 0.3) is 0 Å². The van der Waals surface area contributed by atoms with E-state index in [1.54, 1.807) is 28.4 Å². The van der Waals surface area contributed by atoms with Gasteiger partial charge in [-0.25, -0.2) is 0 Å². The van der Waals surface area contributed by atoms with E-state index in [0.29, 0.717) is 0 Å². The van der Waals surface area contributed by atoms with Crippen molar-refractivity contribution in [3.8, 4) is 0 Å². The van der Waals surface area contributed by atoms with E-state index in [4.69, 9.17) is 18.9 Å². The summed E-state index contributed by atoms with van der Waals surface area (Å²) in [7, 11) is 6.94. The van der Waals surface area contributed by atoms with Crippen molar-refractivity contribution in [2.45, 2.75) is 0 Å². The Hall–Kier alpha value is -0.240. The van der Waals surface area contributed by atoms with Crippen molar-refractivity contribution in [2.75, 3.05) is 94.1 Å². The molecule has 0 rings (SSSR count). The van der Waals surface area contributed by atoms with E-state index >= 15 is 0 Å². The van der Waals surface area contributed by atoms with Crippen molar-refractivity contribution in [3.63, 3.8) is 0 Å². The quantitative estimate of drug-likeness (QED) is 0.429. The molecule has 0 aromatic rings. The highest BCUT2D eigenvalue weighted by Gasteiger charge is 2.09. The van der Waals surface area contributed by atoms with Crippen LogP contribution in [0.5, 0.6) is 0 Å². The summed E-state index contributed by atoms with van der Waals surface area (Å²) >= 11 is 0. The fraction of sp³-hybridized carbons (Fsp3) is 1.00. The van der Waals surface area contributed by atoms with E-state index < -0.39 is 0 Å². The first-order chi connectivity index (χ1) is 9.78. The molecule has 20 heavy (non-hydrogen) atoms. The van der Waals surface area contributed by atoms with Crippen LogP contribution in [0.4, 0.5) is 0 Å². The molecule has 0 aliphatic heterocycles. The molecule has 0 spiro atoms. The molecule has 0 bridgehead atoms. The first kappa shape index (κ1) is 19.8. The van der Waals surface area contributed by atoms with Gasteiger partial charge in [0.05, 0.1) is 26.4 Å². The lowest BCUT2D eigenvalue weighted by Gasteiger charge is -2.27. The fourth-order valence-electron chi connectivity index (χ4n) is 1.84. The van der Waals surface area contributed by atoms with E-state index in [0.717, 1.165) is 65.7 Å². The van der Waals surface area contributed by atoms with Crippen LogP contribution >= 0.6 is 0 Å². The number of hydrogen-bond donors (Lipinski definition) is 0. The van der Waals surface area contributed by atoms with Crippen LogP contribution in [0, 0.1) is 0 Å². The van der Waals surface area contributed by atoms with E-state index in [1.165, 1.54) is 0 Å². The topological polar surface area (TPSA) is 43.4 Å². The minimum Gasteiger partial charge on any atom is -0.383 e. The molecule has 0 aliphatic rings.